The molecule has 1 aliphatic carbocycles. The molecule has 30 heavy (non-hydrogen) atoms. The number of guanidine groups is 1. The van der Waals surface area contributed by atoms with E-state index in [9.17, 15) is 5.11 Å². The zero-order valence-corrected chi connectivity index (χ0v) is 21.0. The number of nitrogens with zero attached hydrogens (tertiary/aromatic N) is 4. The number of morpholine rings is 1. The quantitative estimate of drug-likeness (QED) is 0.281. The molecule has 1 saturated carbocycles. The van der Waals surface area contributed by atoms with Crippen LogP contribution in [0.15, 0.2) is 17.4 Å². The number of rotatable bonds is 7. The second-order valence-electron chi connectivity index (χ2n) is 8.61. The van der Waals surface area contributed by atoms with Crippen molar-refractivity contribution in [2.24, 2.45) is 12.0 Å². The lowest BCUT2D eigenvalue weighted by atomic mass is 9.80. The average molecular weight is 534 g/mol. The predicted octanol–water partition coefficient (Wildman–Crippen LogP) is 1.84. The summed E-state index contributed by atoms with van der Waals surface area (Å²) in [5.74, 6) is 0.759. The fraction of sp³-hybridized carbons (Fsp3) is 0.810. The number of hydrogen-bond donors (Lipinski definition) is 3. The minimum atomic E-state index is -1.05. The topological polar surface area (TPSA) is 86.9 Å². The van der Waals surface area contributed by atoms with E-state index < -0.39 is 5.60 Å². The first-order chi connectivity index (χ1) is 14.0. The Kier molecular flexibility index (Phi) is 9.83. The normalized spacial score (nSPS) is 22.1. The van der Waals surface area contributed by atoms with E-state index in [4.69, 9.17) is 9.73 Å². The van der Waals surface area contributed by atoms with Crippen LogP contribution in [-0.4, -0.2) is 77.2 Å². The summed E-state index contributed by atoms with van der Waals surface area (Å²) in [4.78, 5) is 7.32. The molecule has 1 unspecified atom stereocenters. The van der Waals surface area contributed by atoms with Crippen LogP contribution in [0.2, 0.25) is 0 Å². The number of aliphatic hydroxyl groups is 1. The lowest BCUT2D eigenvalue weighted by Gasteiger charge is -2.48. The van der Waals surface area contributed by atoms with Crippen molar-refractivity contribution in [1.29, 1.82) is 0 Å². The summed E-state index contributed by atoms with van der Waals surface area (Å²) in [5, 5.41) is 21.9. The minimum Gasteiger partial charge on any atom is -0.383 e. The summed E-state index contributed by atoms with van der Waals surface area (Å²) in [6, 6.07) is 0. The van der Waals surface area contributed by atoms with Gasteiger partial charge >= 0.3 is 0 Å². The third kappa shape index (κ3) is 6.54. The molecule has 172 valence electrons. The van der Waals surface area contributed by atoms with Crippen LogP contribution < -0.4 is 10.6 Å². The molecular formula is C21H39IN6O2. The average Bonchev–Trinajstić information content (AvgIpc) is 3.19. The van der Waals surface area contributed by atoms with Crippen LogP contribution in [0, 0.1) is 0 Å². The molecule has 0 amide bonds. The van der Waals surface area contributed by atoms with E-state index in [-0.39, 0.29) is 36.1 Å². The molecule has 1 aromatic rings. The molecule has 2 heterocycles. The van der Waals surface area contributed by atoms with Crippen LogP contribution in [0.25, 0.3) is 0 Å². The number of aliphatic imine (C=N–C) groups is 1. The van der Waals surface area contributed by atoms with Gasteiger partial charge in [-0.15, -0.1) is 24.0 Å². The number of halogens is 1. The molecule has 1 saturated heterocycles. The summed E-state index contributed by atoms with van der Waals surface area (Å²) < 4.78 is 7.29. The standard InChI is InChI=1S/C21H38N6O2.HI/c1-4-22-19(23-16-20(2,28)18-14-25-26(3)15-18)24-17-21(8-6-5-7-9-21)27-10-12-29-13-11-27;/h14-15,28H,4-13,16-17H2,1-3H3,(H2,22,23,24);1H. The van der Waals surface area contributed by atoms with Crippen LogP contribution in [0.5, 0.6) is 0 Å². The largest absolute Gasteiger partial charge is 0.383 e. The molecule has 3 N–H and O–H groups in total. The minimum absolute atomic E-state index is 0. The van der Waals surface area contributed by atoms with Gasteiger partial charge in [-0.1, -0.05) is 19.3 Å². The lowest BCUT2D eigenvalue weighted by Crippen LogP contribution is -2.60. The summed E-state index contributed by atoms with van der Waals surface area (Å²) >= 11 is 0. The van der Waals surface area contributed by atoms with E-state index in [0.29, 0.717) is 0 Å². The maximum atomic E-state index is 10.8. The van der Waals surface area contributed by atoms with E-state index in [1.165, 1.54) is 32.1 Å². The maximum absolute atomic E-state index is 10.8. The van der Waals surface area contributed by atoms with Crippen LogP contribution >= 0.6 is 24.0 Å². The summed E-state index contributed by atoms with van der Waals surface area (Å²) in [6.07, 6.45) is 9.86. The van der Waals surface area contributed by atoms with Crippen molar-refractivity contribution in [2.45, 2.75) is 57.1 Å². The molecule has 0 aromatic carbocycles. The third-order valence-electron chi connectivity index (χ3n) is 6.27. The molecule has 1 atom stereocenters. The maximum Gasteiger partial charge on any atom is 0.191 e. The lowest BCUT2D eigenvalue weighted by molar-refractivity contribution is -0.0352. The Balaban J connectivity index is 0.00000320. The molecule has 9 heteroatoms. The first-order valence-corrected chi connectivity index (χ1v) is 11.0. The van der Waals surface area contributed by atoms with Gasteiger partial charge in [0, 0.05) is 50.5 Å². The van der Waals surface area contributed by atoms with Crippen LogP contribution in [0.1, 0.15) is 51.5 Å². The molecule has 1 aliphatic heterocycles. The molecule has 3 rings (SSSR count). The second-order valence-corrected chi connectivity index (χ2v) is 8.61. The predicted molar refractivity (Wildman–Crippen MR) is 130 cm³/mol. The number of nitrogens with one attached hydrogen (secondary N) is 2. The smallest absolute Gasteiger partial charge is 0.191 e. The summed E-state index contributed by atoms with van der Waals surface area (Å²) in [5.41, 5.74) is -0.107. The van der Waals surface area contributed by atoms with Crippen LogP contribution in [0.3, 0.4) is 0 Å². The van der Waals surface area contributed by atoms with E-state index in [0.717, 1.165) is 50.9 Å². The second kappa shape index (κ2) is 11.6. The van der Waals surface area contributed by atoms with Gasteiger partial charge in [0.15, 0.2) is 5.96 Å². The Morgan fingerprint density at radius 3 is 2.57 bits per heavy atom. The van der Waals surface area contributed by atoms with E-state index in [1.54, 1.807) is 17.8 Å². The Bertz CT molecular complexity index is 666. The van der Waals surface area contributed by atoms with Crippen molar-refractivity contribution < 1.29 is 9.84 Å². The monoisotopic (exact) mass is 534 g/mol. The fourth-order valence-corrected chi connectivity index (χ4v) is 4.47. The van der Waals surface area contributed by atoms with Crippen LogP contribution in [-0.2, 0) is 17.4 Å². The first-order valence-electron chi connectivity index (χ1n) is 11.0. The van der Waals surface area contributed by atoms with Crippen molar-refractivity contribution in [3.8, 4) is 0 Å². The van der Waals surface area contributed by atoms with E-state index in [1.807, 2.05) is 13.2 Å². The highest BCUT2D eigenvalue weighted by molar-refractivity contribution is 14.0. The van der Waals surface area contributed by atoms with Gasteiger partial charge in [0.2, 0.25) is 0 Å². The molecule has 1 aromatic heterocycles. The molecule has 2 aliphatic rings. The van der Waals surface area contributed by atoms with Crippen molar-refractivity contribution in [3.63, 3.8) is 0 Å². The molecule has 2 fully saturated rings. The molecule has 0 bridgehead atoms. The van der Waals surface area contributed by atoms with E-state index >= 15 is 0 Å². The number of aryl methyl sites for hydroxylation is 1. The SMILES string of the molecule is CCNC(=NCC(C)(O)c1cnn(C)c1)NCC1(N2CCOCC2)CCCCC1.I. The zero-order chi connectivity index (χ0) is 20.7. The van der Waals surface area contributed by atoms with Gasteiger partial charge in [0.05, 0.1) is 26.0 Å². The fourth-order valence-electron chi connectivity index (χ4n) is 4.47. The molecule has 8 nitrogen and oxygen atoms in total. The Labute approximate surface area is 197 Å². The summed E-state index contributed by atoms with van der Waals surface area (Å²) in [7, 11) is 1.85. The number of hydrogen-bond acceptors (Lipinski definition) is 5. The van der Waals surface area contributed by atoms with Crippen molar-refractivity contribution in [2.75, 3.05) is 45.9 Å². The van der Waals surface area contributed by atoms with Gasteiger partial charge in [-0.25, -0.2) is 4.99 Å². The highest BCUT2D eigenvalue weighted by Crippen LogP contribution is 2.33. The van der Waals surface area contributed by atoms with Gasteiger partial charge in [-0.3, -0.25) is 9.58 Å². The highest BCUT2D eigenvalue weighted by atomic mass is 127. The van der Waals surface area contributed by atoms with Gasteiger partial charge in [0.25, 0.3) is 0 Å². The molecule has 0 spiro atoms. The Morgan fingerprint density at radius 1 is 1.27 bits per heavy atom. The van der Waals surface area contributed by atoms with Gasteiger partial charge in [-0.2, -0.15) is 5.10 Å². The van der Waals surface area contributed by atoms with E-state index in [2.05, 4.69) is 27.6 Å². The van der Waals surface area contributed by atoms with Crippen molar-refractivity contribution in [1.82, 2.24) is 25.3 Å². The number of aromatic nitrogens is 2. The molecule has 0 radical (unpaired) electrons. The Hall–Kier alpha value is -0.910. The van der Waals surface area contributed by atoms with Crippen LogP contribution in [0.4, 0.5) is 0 Å². The summed E-state index contributed by atoms with van der Waals surface area (Å²) in [6.45, 7) is 9.43. The molecular weight excluding hydrogens is 495 g/mol. The Morgan fingerprint density at radius 2 is 1.97 bits per heavy atom. The van der Waals surface area contributed by atoms with Gasteiger partial charge < -0.3 is 20.5 Å². The van der Waals surface area contributed by atoms with Crippen molar-refractivity contribution >= 4 is 29.9 Å². The van der Waals surface area contributed by atoms with Gasteiger partial charge in [-0.05, 0) is 26.7 Å². The highest BCUT2D eigenvalue weighted by Gasteiger charge is 2.38. The number of ether oxygens (including phenoxy) is 1. The van der Waals surface area contributed by atoms with Crippen molar-refractivity contribution in [3.05, 3.63) is 18.0 Å². The first kappa shape index (κ1) is 25.4. The third-order valence-corrected chi connectivity index (χ3v) is 6.27. The van der Waals surface area contributed by atoms with Gasteiger partial charge in [0.1, 0.15) is 5.60 Å². The zero-order valence-electron chi connectivity index (χ0n) is 18.7.